The number of likely N-dealkylation sites (tertiary alicyclic amines) is 1. The molecule has 0 bridgehead atoms. The third kappa shape index (κ3) is 6.56. The first-order valence-electron chi connectivity index (χ1n) is 10.6. The van der Waals surface area contributed by atoms with Gasteiger partial charge in [0.2, 0.25) is 5.91 Å². The number of benzene rings is 1. The fourth-order valence-corrected chi connectivity index (χ4v) is 5.56. The van der Waals surface area contributed by atoms with Crippen molar-refractivity contribution in [2.45, 2.75) is 37.4 Å². The molecule has 10 heteroatoms. The molecule has 2 heterocycles. The Kier molecular flexibility index (Phi) is 11.2. The van der Waals surface area contributed by atoms with E-state index in [1.54, 1.807) is 40.6 Å². The summed E-state index contributed by atoms with van der Waals surface area (Å²) in [7, 11) is 1.37. The zero-order chi connectivity index (χ0) is 22.2. The third-order valence-corrected chi connectivity index (χ3v) is 7.43. The van der Waals surface area contributed by atoms with Gasteiger partial charge < -0.3 is 14.5 Å². The third-order valence-electron chi connectivity index (χ3n) is 5.84. The van der Waals surface area contributed by atoms with Gasteiger partial charge in [0.05, 0.1) is 13.2 Å². The van der Waals surface area contributed by atoms with Crippen LogP contribution < -0.4 is 5.32 Å². The lowest BCUT2D eigenvalue weighted by Gasteiger charge is -2.42. The van der Waals surface area contributed by atoms with E-state index < -0.39 is 6.04 Å². The number of nitrogens with one attached hydrogen (secondary N) is 1. The molecule has 3 rings (SSSR count). The first kappa shape index (κ1) is 26.8. The highest BCUT2D eigenvalue weighted by molar-refractivity contribution is 7.99. The largest absolute Gasteiger partial charge is 0.467 e. The smallest absolute Gasteiger partial charge is 0.328 e. The van der Waals surface area contributed by atoms with Gasteiger partial charge in [-0.2, -0.15) is 11.8 Å². The number of methoxy groups -OCH3 is 1. The number of halogens is 1. The van der Waals surface area contributed by atoms with Crippen LogP contribution in [0.2, 0.25) is 0 Å². The maximum absolute atomic E-state index is 13.5. The minimum atomic E-state index is -0.634. The summed E-state index contributed by atoms with van der Waals surface area (Å²) in [6.45, 7) is 1.17. The monoisotopic (exact) mass is 501 g/mol. The number of nitrogens with zero attached hydrogens (tertiary/aromatic N) is 2. The van der Waals surface area contributed by atoms with Crippen LogP contribution in [0.4, 0.5) is 0 Å². The molecular formula is C22H32ClN3O4S2. The molecule has 2 fully saturated rings. The normalized spacial score (nSPS) is 19.7. The Bertz CT molecular complexity index is 757. The zero-order valence-corrected chi connectivity index (χ0v) is 21.0. The van der Waals surface area contributed by atoms with Crippen molar-refractivity contribution in [2.24, 2.45) is 0 Å². The van der Waals surface area contributed by atoms with Crippen LogP contribution in [0.1, 0.15) is 29.6 Å². The van der Waals surface area contributed by atoms with Gasteiger partial charge in [0, 0.05) is 36.3 Å². The Labute approximate surface area is 204 Å². The van der Waals surface area contributed by atoms with Crippen molar-refractivity contribution >= 4 is 53.7 Å². The quantitative estimate of drug-likeness (QED) is 0.548. The number of esters is 1. The van der Waals surface area contributed by atoms with E-state index in [4.69, 9.17) is 4.74 Å². The maximum atomic E-state index is 13.5. The van der Waals surface area contributed by atoms with Gasteiger partial charge in [0.15, 0.2) is 0 Å². The molecular weight excluding hydrogens is 470 g/mol. The highest BCUT2D eigenvalue weighted by atomic mass is 35.5. The molecule has 0 unspecified atom stereocenters. The van der Waals surface area contributed by atoms with Gasteiger partial charge >= 0.3 is 5.97 Å². The average molecular weight is 502 g/mol. The van der Waals surface area contributed by atoms with Gasteiger partial charge in [0.1, 0.15) is 6.04 Å². The predicted molar refractivity (Wildman–Crippen MR) is 133 cm³/mol. The molecule has 1 N–H and O–H groups in total. The summed E-state index contributed by atoms with van der Waals surface area (Å²) in [5.74, 6) is 1.95. The van der Waals surface area contributed by atoms with E-state index in [0.717, 1.165) is 17.4 Å². The standard InChI is InChI=1S/C22H31N3O4S2.ClH/c1-29-22(28)19(10-13-30-2)25(20(26)16-6-4-3-5-7-16)17-8-11-24(12-9-17)21(27)18-14-31-15-23-18;/h3-7,17-19,23H,8-15H2,1-2H3;1H/t18-,19+;/m1./s1. The fourth-order valence-electron chi connectivity index (χ4n) is 4.17. The van der Waals surface area contributed by atoms with Crippen LogP contribution in [0.3, 0.4) is 0 Å². The summed E-state index contributed by atoms with van der Waals surface area (Å²) in [5.41, 5.74) is 0.561. The van der Waals surface area contributed by atoms with Crippen LogP contribution in [0.5, 0.6) is 0 Å². The minimum Gasteiger partial charge on any atom is -0.467 e. The van der Waals surface area contributed by atoms with E-state index in [9.17, 15) is 14.4 Å². The molecule has 0 aromatic heterocycles. The maximum Gasteiger partial charge on any atom is 0.328 e. The minimum absolute atomic E-state index is 0. The Morgan fingerprint density at radius 3 is 2.50 bits per heavy atom. The summed E-state index contributed by atoms with van der Waals surface area (Å²) in [5, 5.41) is 3.24. The summed E-state index contributed by atoms with van der Waals surface area (Å²) >= 11 is 3.37. The second kappa shape index (κ2) is 13.3. The molecule has 0 aliphatic carbocycles. The number of hydrogen-bond acceptors (Lipinski definition) is 7. The molecule has 1 aromatic rings. The van der Waals surface area contributed by atoms with Crippen molar-refractivity contribution in [3.63, 3.8) is 0 Å². The number of ether oxygens (including phenoxy) is 1. The van der Waals surface area contributed by atoms with Crippen LogP contribution in [-0.4, -0.2) is 89.5 Å². The number of hydrogen-bond donors (Lipinski definition) is 1. The lowest BCUT2D eigenvalue weighted by molar-refractivity contribution is -0.147. The summed E-state index contributed by atoms with van der Waals surface area (Å²) in [6.07, 6.45) is 3.82. The molecule has 32 heavy (non-hydrogen) atoms. The molecule has 0 radical (unpaired) electrons. The SMILES string of the molecule is COC(=O)[C@H](CCSC)N(C(=O)c1ccccc1)C1CCN(C(=O)[C@H]2CSCN2)CC1.Cl. The highest BCUT2D eigenvalue weighted by Gasteiger charge is 2.39. The number of carbonyl (C=O) groups is 3. The van der Waals surface area contributed by atoms with Crippen LogP contribution in [-0.2, 0) is 14.3 Å². The van der Waals surface area contributed by atoms with Crippen molar-refractivity contribution in [3.05, 3.63) is 35.9 Å². The van der Waals surface area contributed by atoms with E-state index in [2.05, 4.69) is 5.32 Å². The number of amides is 2. The predicted octanol–water partition coefficient (Wildman–Crippen LogP) is 2.50. The number of thioether (sulfide) groups is 2. The zero-order valence-electron chi connectivity index (χ0n) is 18.5. The van der Waals surface area contributed by atoms with Crippen LogP contribution in [0, 0.1) is 0 Å². The van der Waals surface area contributed by atoms with E-state index in [1.807, 2.05) is 29.4 Å². The molecule has 178 valence electrons. The van der Waals surface area contributed by atoms with Crippen molar-refractivity contribution in [1.82, 2.24) is 15.1 Å². The van der Waals surface area contributed by atoms with Crippen LogP contribution in [0.25, 0.3) is 0 Å². The molecule has 2 aliphatic rings. The second-order valence-electron chi connectivity index (χ2n) is 7.73. The molecule has 2 saturated heterocycles. The Morgan fingerprint density at radius 2 is 1.94 bits per heavy atom. The van der Waals surface area contributed by atoms with Gasteiger partial charge in [-0.15, -0.1) is 24.2 Å². The number of rotatable bonds is 8. The van der Waals surface area contributed by atoms with E-state index in [-0.39, 0.29) is 42.3 Å². The summed E-state index contributed by atoms with van der Waals surface area (Å²) < 4.78 is 5.08. The van der Waals surface area contributed by atoms with Gasteiger partial charge in [-0.3, -0.25) is 14.9 Å². The van der Waals surface area contributed by atoms with Gasteiger partial charge in [0.25, 0.3) is 5.91 Å². The molecule has 7 nitrogen and oxygen atoms in total. The highest BCUT2D eigenvalue weighted by Crippen LogP contribution is 2.25. The molecule has 1 aromatic carbocycles. The van der Waals surface area contributed by atoms with Gasteiger partial charge in [-0.25, -0.2) is 4.79 Å². The summed E-state index contributed by atoms with van der Waals surface area (Å²) in [4.78, 5) is 42.6. The number of carbonyl (C=O) groups excluding carboxylic acids is 3. The van der Waals surface area contributed by atoms with Crippen LogP contribution >= 0.6 is 35.9 Å². The molecule has 0 saturated carbocycles. The van der Waals surface area contributed by atoms with E-state index in [1.165, 1.54) is 7.11 Å². The Balaban J connectivity index is 0.00000363. The lowest BCUT2D eigenvalue weighted by atomic mass is 9.98. The number of piperidine rings is 1. The molecule has 2 aliphatic heterocycles. The average Bonchev–Trinajstić information content (AvgIpc) is 3.36. The van der Waals surface area contributed by atoms with Crippen molar-refractivity contribution in [2.75, 3.05) is 43.8 Å². The molecule has 0 spiro atoms. The first-order valence-corrected chi connectivity index (χ1v) is 13.2. The van der Waals surface area contributed by atoms with Crippen molar-refractivity contribution in [1.29, 1.82) is 0 Å². The Morgan fingerprint density at radius 1 is 1.25 bits per heavy atom. The van der Waals surface area contributed by atoms with E-state index >= 15 is 0 Å². The lowest BCUT2D eigenvalue weighted by Crippen LogP contribution is -2.56. The van der Waals surface area contributed by atoms with E-state index in [0.29, 0.717) is 37.9 Å². The Hall–Kier alpha value is -1.42. The first-order chi connectivity index (χ1) is 15.1. The van der Waals surface area contributed by atoms with Crippen LogP contribution in [0.15, 0.2) is 30.3 Å². The van der Waals surface area contributed by atoms with Crippen molar-refractivity contribution in [3.8, 4) is 0 Å². The second-order valence-corrected chi connectivity index (χ2v) is 9.74. The van der Waals surface area contributed by atoms with Gasteiger partial charge in [-0.1, -0.05) is 18.2 Å². The topological polar surface area (TPSA) is 79.0 Å². The molecule has 2 amide bonds. The molecule has 2 atom stereocenters. The summed E-state index contributed by atoms with van der Waals surface area (Å²) in [6, 6.07) is 8.21. The fraction of sp³-hybridized carbons (Fsp3) is 0.591. The van der Waals surface area contributed by atoms with Crippen molar-refractivity contribution < 1.29 is 19.1 Å². The van der Waals surface area contributed by atoms with Gasteiger partial charge in [-0.05, 0) is 43.4 Å².